The molecule has 0 aliphatic carbocycles. The molecule has 0 saturated carbocycles. The Kier molecular flexibility index (Phi) is 38.4. The third-order valence-corrected chi connectivity index (χ3v) is 11.5. The molecule has 0 fully saturated rings. The van der Waals surface area contributed by atoms with Gasteiger partial charge in [-0.15, -0.1) is 0 Å². The van der Waals surface area contributed by atoms with Crippen molar-refractivity contribution in [1.82, 2.24) is 0 Å². The molecule has 0 aromatic heterocycles. The van der Waals surface area contributed by atoms with Gasteiger partial charge in [0.2, 0.25) is 0 Å². The summed E-state index contributed by atoms with van der Waals surface area (Å²) in [4.78, 5) is 0. The van der Waals surface area contributed by atoms with E-state index in [2.05, 4.69) is 20.8 Å². The maximum atomic E-state index is 6.24. The van der Waals surface area contributed by atoms with E-state index in [9.17, 15) is 0 Å². The van der Waals surface area contributed by atoms with Crippen molar-refractivity contribution in [3.63, 3.8) is 0 Å². The normalized spacial score (nSPS) is 11.7. The fourth-order valence-corrected chi connectivity index (χ4v) is 8.32. The van der Waals surface area contributed by atoms with E-state index in [0.717, 1.165) is 19.8 Å². The predicted octanol–water partition coefficient (Wildman–Crippen LogP) is 12.8. The van der Waals surface area contributed by atoms with Crippen molar-refractivity contribution in [2.45, 2.75) is 213 Å². The molecule has 0 amide bonds. The summed E-state index contributed by atoms with van der Waals surface area (Å²) in [5.41, 5.74) is 0. The second-order valence-electron chi connectivity index (χ2n) is 12.3. The van der Waals surface area contributed by atoms with E-state index in [4.69, 9.17) is 9.05 Å². The van der Waals surface area contributed by atoms with E-state index in [0.29, 0.717) is 0 Å². The Morgan fingerprint density at radius 3 is 0.625 bits per heavy atom. The van der Waals surface area contributed by atoms with Crippen LogP contribution in [-0.2, 0) is 9.05 Å². The zero-order valence-electron chi connectivity index (χ0n) is 28.0. The van der Waals surface area contributed by atoms with Gasteiger partial charge >= 0.3 is 243 Å². The number of rotatable bonds is 36. The van der Waals surface area contributed by atoms with Crippen LogP contribution in [0, 0.1) is 0 Å². The third kappa shape index (κ3) is 34.9. The molecule has 0 aliphatic heterocycles. The van der Waals surface area contributed by atoms with Gasteiger partial charge in [-0.25, -0.2) is 0 Å². The minimum Gasteiger partial charge on any atom is -0.0654 e. The molecule has 0 radical (unpaired) electrons. The maximum absolute atomic E-state index is 6.24. The Morgan fingerprint density at radius 1 is 0.250 bits per heavy atom. The van der Waals surface area contributed by atoms with Gasteiger partial charge in [-0.05, 0) is 0 Å². The van der Waals surface area contributed by atoms with Crippen LogP contribution in [0.3, 0.4) is 0 Å². The Bertz CT molecular complexity index is 372. The van der Waals surface area contributed by atoms with E-state index < -0.39 is 21.5 Å². The standard InChI is InChI=1S/3C12H25O.Sb/c3*1-2-3-4-5-6-7-8-9-10-11-12-13;/h3*2-12H2,1H3;/q3*-1;+3. The van der Waals surface area contributed by atoms with Crippen LogP contribution in [-0.4, -0.2) is 41.3 Å². The SMILES string of the molecule is CCCCCCCCCCCC[O][Sb]([O]CCCCCCCCCCCC)[O]CCCCCCCCCCCC. The van der Waals surface area contributed by atoms with Gasteiger partial charge < -0.3 is 0 Å². The molecule has 0 bridgehead atoms. The second kappa shape index (κ2) is 37.7. The van der Waals surface area contributed by atoms with Crippen molar-refractivity contribution < 1.29 is 9.05 Å². The molecule has 0 aliphatic rings. The minimum absolute atomic E-state index is 0.843. The number of hydrogen-bond donors (Lipinski definition) is 0. The summed E-state index contributed by atoms with van der Waals surface area (Å²) < 4.78 is 18.7. The van der Waals surface area contributed by atoms with Crippen LogP contribution < -0.4 is 0 Å². The van der Waals surface area contributed by atoms with E-state index in [1.54, 1.807) is 0 Å². The van der Waals surface area contributed by atoms with Crippen LogP contribution in [0.25, 0.3) is 0 Å². The Morgan fingerprint density at radius 2 is 0.425 bits per heavy atom. The van der Waals surface area contributed by atoms with Crippen molar-refractivity contribution in [2.75, 3.05) is 19.8 Å². The van der Waals surface area contributed by atoms with Crippen molar-refractivity contribution >= 4 is 21.5 Å². The molecule has 3 nitrogen and oxygen atoms in total. The summed E-state index contributed by atoms with van der Waals surface area (Å²) in [5, 5.41) is 0. The van der Waals surface area contributed by atoms with Gasteiger partial charge in [-0.2, -0.15) is 0 Å². The van der Waals surface area contributed by atoms with Crippen molar-refractivity contribution in [1.29, 1.82) is 0 Å². The van der Waals surface area contributed by atoms with Crippen LogP contribution in [0.5, 0.6) is 0 Å². The van der Waals surface area contributed by atoms with E-state index in [-0.39, 0.29) is 0 Å². The molecule has 0 atom stereocenters. The summed E-state index contributed by atoms with van der Waals surface area (Å²) >= 11 is -2.46. The van der Waals surface area contributed by atoms with Crippen LogP contribution in [0.4, 0.5) is 0 Å². The van der Waals surface area contributed by atoms with Crippen LogP contribution in [0.15, 0.2) is 0 Å². The molecule has 0 spiro atoms. The zero-order valence-corrected chi connectivity index (χ0v) is 30.6. The summed E-state index contributed by atoms with van der Waals surface area (Å²) in [6.45, 7) is 9.41. The molecular weight excluding hydrogens is 602 g/mol. The van der Waals surface area contributed by atoms with Gasteiger partial charge in [-0.3, -0.25) is 0 Å². The monoisotopic (exact) mass is 676 g/mol. The van der Waals surface area contributed by atoms with Crippen molar-refractivity contribution in [2.24, 2.45) is 0 Å². The summed E-state index contributed by atoms with van der Waals surface area (Å²) in [6.07, 6.45) is 40.9. The zero-order chi connectivity index (χ0) is 29.0. The first-order valence-electron chi connectivity index (χ1n) is 18.5. The van der Waals surface area contributed by atoms with E-state index in [1.807, 2.05) is 0 Å². The van der Waals surface area contributed by atoms with Gasteiger partial charge in [0.05, 0.1) is 0 Å². The van der Waals surface area contributed by atoms with Gasteiger partial charge in [0.15, 0.2) is 0 Å². The molecule has 242 valence electrons. The number of unbranched alkanes of at least 4 members (excludes halogenated alkanes) is 27. The molecule has 0 unspecified atom stereocenters. The van der Waals surface area contributed by atoms with Crippen LogP contribution in [0.2, 0.25) is 0 Å². The number of hydrogen-bond acceptors (Lipinski definition) is 3. The minimum atomic E-state index is -2.46. The summed E-state index contributed by atoms with van der Waals surface area (Å²) in [6, 6.07) is 0. The second-order valence-corrected chi connectivity index (χ2v) is 15.8. The quantitative estimate of drug-likeness (QED) is 0.0488. The van der Waals surface area contributed by atoms with Crippen molar-refractivity contribution in [3.05, 3.63) is 0 Å². The Labute approximate surface area is 262 Å². The predicted molar refractivity (Wildman–Crippen MR) is 179 cm³/mol. The smallest absolute Gasteiger partial charge is 0.0654 e. The van der Waals surface area contributed by atoms with Gasteiger partial charge in [0, 0.05) is 0 Å². The molecule has 0 aromatic rings. The Hall–Kier alpha value is 0.698. The van der Waals surface area contributed by atoms with Crippen LogP contribution in [0.1, 0.15) is 213 Å². The first kappa shape index (κ1) is 40.7. The molecule has 0 rings (SSSR count). The molecule has 0 saturated heterocycles. The van der Waals surface area contributed by atoms with Gasteiger partial charge in [0.25, 0.3) is 0 Å². The van der Waals surface area contributed by atoms with Gasteiger partial charge in [0.1, 0.15) is 0 Å². The first-order valence-corrected chi connectivity index (χ1v) is 21.7. The molecule has 0 heterocycles. The molecule has 0 N–H and O–H groups in total. The molecular formula is C36H75O3Sb. The van der Waals surface area contributed by atoms with Crippen molar-refractivity contribution in [3.8, 4) is 0 Å². The van der Waals surface area contributed by atoms with E-state index >= 15 is 0 Å². The fourth-order valence-electron chi connectivity index (χ4n) is 5.30. The molecule has 4 heteroatoms. The average Bonchev–Trinajstić information content (AvgIpc) is 2.97. The van der Waals surface area contributed by atoms with E-state index in [1.165, 1.54) is 193 Å². The fraction of sp³-hybridized carbons (Fsp3) is 1.00. The topological polar surface area (TPSA) is 27.7 Å². The summed E-state index contributed by atoms with van der Waals surface area (Å²) in [7, 11) is 0. The summed E-state index contributed by atoms with van der Waals surface area (Å²) in [5.74, 6) is 0. The molecule has 0 aromatic carbocycles. The van der Waals surface area contributed by atoms with Gasteiger partial charge in [-0.1, -0.05) is 20.8 Å². The third-order valence-electron chi connectivity index (χ3n) is 8.08. The Balaban J connectivity index is 3.89. The molecule has 40 heavy (non-hydrogen) atoms. The first-order chi connectivity index (χ1) is 19.8. The average molecular weight is 678 g/mol. The van der Waals surface area contributed by atoms with Crippen LogP contribution >= 0.6 is 0 Å².